The normalized spacial score (nSPS) is 17.5. The fourth-order valence-electron chi connectivity index (χ4n) is 4.44. The smallest absolute Gasteiger partial charge is 0.410 e. The van der Waals surface area contributed by atoms with Gasteiger partial charge in [0.15, 0.2) is 0 Å². The highest BCUT2D eigenvalue weighted by molar-refractivity contribution is 6.03. The predicted octanol–water partition coefficient (Wildman–Crippen LogP) is 5.46. The number of rotatable bonds is 4. The van der Waals surface area contributed by atoms with Gasteiger partial charge in [-0.3, -0.25) is 14.7 Å². The van der Waals surface area contributed by atoms with Crippen molar-refractivity contribution in [2.45, 2.75) is 39.2 Å². The third-order valence-electron chi connectivity index (χ3n) is 6.27. The second-order valence-corrected chi connectivity index (χ2v) is 8.92. The van der Waals surface area contributed by atoms with Crippen LogP contribution in [0.3, 0.4) is 0 Å². The molecule has 0 unspecified atom stereocenters. The minimum Gasteiger partial charge on any atom is -0.410 e. The molecule has 0 spiro atoms. The van der Waals surface area contributed by atoms with Gasteiger partial charge >= 0.3 is 6.09 Å². The Morgan fingerprint density at radius 1 is 1.00 bits per heavy atom. The summed E-state index contributed by atoms with van der Waals surface area (Å²) in [5.41, 5.74) is 4.39. The van der Waals surface area contributed by atoms with Crippen LogP contribution in [-0.2, 0) is 11.2 Å². The van der Waals surface area contributed by atoms with Gasteiger partial charge in [0.2, 0.25) is 5.91 Å². The molecule has 1 aromatic heterocycles. The van der Waals surface area contributed by atoms with E-state index in [0.717, 1.165) is 29.2 Å². The summed E-state index contributed by atoms with van der Waals surface area (Å²) >= 11 is 0. The lowest BCUT2D eigenvalue weighted by molar-refractivity contribution is -0.117. The highest BCUT2D eigenvalue weighted by Crippen LogP contribution is 2.39. The second kappa shape index (κ2) is 8.70. The zero-order valence-electron chi connectivity index (χ0n) is 18.9. The molecule has 6 nitrogen and oxygen atoms in total. The van der Waals surface area contributed by atoms with E-state index in [1.807, 2.05) is 49.5 Å². The highest BCUT2D eigenvalue weighted by Gasteiger charge is 2.34. The summed E-state index contributed by atoms with van der Waals surface area (Å²) in [5, 5.41) is 0. The summed E-state index contributed by atoms with van der Waals surface area (Å²) in [5.74, 6) is 1.21. The van der Waals surface area contributed by atoms with Gasteiger partial charge in [0.25, 0.3) is 0 Å². The minimum absolute atomic E-state index is 0.0568. The standard InChI is InChI=1S/C27H27N3O3/c1-18-17-29(27(32)33-24-6-4-3-5-7-24)26-15-21(11-13-25(26)30(18)19(2)31)22-10-12-23(28-16-22)14-20-8-9-20/h3-7,10-13,15-16,18,20H,8-9,14,17H2,1-2H3/t18-/m0/s1. The number of carbonyl (C=O) groups excluding carboxylic acids is 2. The van der Waals surface area contributed by atoms with E-state index in [0.29, 0.717) is 23.7 Å². The Morgan fingerprint density at radius 3 is 2.42 bits per heavy atom. The zero-order valence-corrected chi connectivity index (χ0v) is 18.9. The van der Waals surface area contributed by atoms with Crippen molar-refractivity contribution < 1.29 is 14.3 Å². The first kappa shape index (κ1) is 21.2. The number of anilines is 2. The minimum atomic E-state index is -0.465. The number of pyridine rings is 1. The van der Waals surface area contributed by atoms with Gasteiger partial charge in [0, 0.05) is 30.9 Å². The molecular formula is C27H27N3O3. The van der Waals surface area contributed by atoms with E-state index in [1.165, 1.54) is 12.8 Å². The van der Waals surface area contributed by atoms with Crippen LogP contribution in [0.4, 0.5) is 16.2 Å². The molecule has 2 heterocycles. The topological polar surface area (TPSA) is 62.7 Å². The summed E-state index contributed by atoms with van der Waals surface area (Å²) in [6.45, 7) is 3.83. The zero-order chi connectivity index (χ0) is 22.9. The fraction of sp³-hybridized carbons (Fsp3) is 0.296. The number of amides is 2. The van der Waals surface area contributed by atoms with Crippen LogP contribution in [0.25, 0.3) is 11.1 Å². The molecule has 5 rings (SSSR count). The predicted molar refractivity (Wildman–Crippen MR) is 129 cm³/mol. The van der Waals surface area contributed by atoms with Crippen LogP contribution >= 0.6 is 0 Å². The largest absolute Gasteiger partial charge is 0.419 e. The quantitative estimate of drug-likeness (QED) is 0.539. The molecule has 0 radical (unpaired) electrons. The molecule has 3 aromatic rings. The Bertz CT molecular complexity index is 1170. The molecule has 1 aliphatic heterocycles. The van der Waals surface area contributed by atoms with Crippen LogP contribution < -0.4 is 14.5 Å². The monoisotopic (exact) mass is 441 g/mol. The van der Waals surface area contributed by atoms with Gasteiger partial charge in [-0.05, 0) is 68.0 Å². The van der Waals surface area contributed by atoms with Crippen LogP contribution in [0.15, 0.2) is 66.9 Å². The van der Waals surface area contributed by atoms with Crippen molar-refractivity contribution in [3.63, 3.8) is 0 Å². The molecule has 168 valence electrons. The third-order valence-corrected chi connectivity index (χ3v) is 6.27. The maximum absolute atomic E-state index is 13.1. The van der Waals surface area contributed by atoms with Crippen molar-refractivity contribution in [3.8, 4) is 16.9 Å². The Balaban J connectivity index is 1.49. The number of para-hydroxylation sites is 1. The van der Waals surface area contributed by atoms with Gasteiger partial charge in [-0.15, -0.1) is 0 Å². The van der Waals surface area contributed by atoms with E-state index in [9.17, 15) is 9.59 Å². The number of nitrogens with zero attached hydrogens (tertiary/aromatic N) is 3. The molecule has 1 atom stereocenters. The Labute approximate surface area is 193 Å². The molecule has 1 fully saturated rings. The first-order valence-corrected chi connectivity index (χ1v) is 11.4. The van der Waals surface area contributed by atoms with Crippen LogP contribution in [0, 0.1) is 5.92 Å². The van der Waals surface area contributed by atoms with Crippen LogP contribution in [0.5, 0.6) is 5.75 Å². The third kappa shape index (κ3) is 4.46. The van der Waals surface area contributed by atoms with Crippen molar-refractivity contribution in [1.29, 1.82) is 0 Å². The molecule has 2 aliphatic rings. The number of carbonyl (C=O) groups is 2. The summed E-state index contributed by atoms with van der Waals surface area (Å²) < 4.78 is 5.63. The van der Waals surface area contributed by atoms with Gasteiger partial charge in [0.05, 0.1) is 17.4 Å². The van der Waals surface area contributed by atoms with Crippen LogP contribution in [0.1, 0.15) is 32.4 Å². The summed E-state index contributed by atoms with van der Waals surface area (Å²) in [6.07, 6.45) is 5.06. The van der Waals surface area contributed by atoms with Gasteiger partial charge in [-0.1, -0.05) is 30.3 Å². The van der Waals surface area contributed by atoms with Gasteiger partial charge in [-0.25, -0.2) is 4.79 Å². The van der Waals surface area contributed by atoms with E-state index in [-0.39, 0.29) is 11.9 Å². The van der Waals surface area contributed by atoms with Crippen LogP contribution in [-0.4, -0.2) is 29.6 Å². The molecule has 6 heteroatoms. The SMILES string of the molecule is CC(=O)N1c2ccc(-c3ccc(CC4CC4)nc3)cc2N(C(=O)Oc2ccccc2)C[C@@H]1C. The van der Waals surface area contributed by atoms with Crippen molar-refractivity contribution in [2.24, 2.45) is 5.92 Å². The van der Waals surface area contributed by atoms with E-state index >= 15 is 0 Å². The van der Waals surface area contributed by atoms with Crippen molar-refractivity contribution in [3.05, 3.63) is 72.6 Å². The fourth-order valence-corrected chi connectivity index (χ4v) is 4.44. The number of fused-ring (bicyclic) bond motifs is 1. The number of ether oxygens (including phenoxy) is 1. The lowest BCUT2D eigenvalue weighted by Gasteiger charge is -2.40. The summed E-state index contributed by atoms with van der Waals surface area (Å²) in [4.78, 5) is 33.5. The Hall–Kier alpha value is -3.67. The molecule has 1 aliphatic carbocycles. The molecular weight excluding hydrogens is 414 g/mol. The average molecular weight is 442 g/mol. The second-order valence-electron chi connectivity index (χ2n) is 8.92. The molecule has 0 N–H and O–H groups in total. The molecule has 33 heavy (non-hydrogen) atoms. The maximum Gasteiger partial charge on any atom is 0.419 e. The van der Waals surface area contributed by atoms with E-state index in [2.05, 4.69) is 17.1 Å². The number of hydrogen-bond acceptors (Lipinski definition) is 4. The number of benzene rings is 2. The lowest BCUT2D eigenvalue weighted by Crippen LogP contribution is -2.52. The van der Waals surface area contributed by atoms with Crippen molar-refractivity contribution in [2.75, 3.05) is 16.3 Å². The van der Waals surface area contributed by atoms with Crippen LogP contribution in [0.2, 0.25) is 0 Å². The first-order chi connectivity index (χ1) is 16.0. The molecule has 2 aromatic carbocycles. The van der Waals surface area contributed by atoms with Crippen molar-refractivity contribution in [1.82, 2.24) is 4.98 Å². The van der Waals surface area contributed by atoms with E-state index in [1.54, 1.807) is 28.9 Å². The maximum atomic E-state index is 13.1. The van der Waals surface area contributed by atoms with Gasteiger partial charge in [-0.2, -0.15) is 0 Å². The summed E-state index contributed by atoms with van der Waals surface area (Å²) in [7, 11) is 0. The van der Waals surface area contributed by atoms with Gasteiger partial charge in [0.1, 0.15) is 5.75 Å². The average Bonchev–Trinajstić information content (AvgIpc) is 3.63. The Morgan fingerprint density at radius 2 is 1.76 bits per heavy atom. The Kier molecular flexibility index (Phi) is 5.58. The van der Waals surface area contributed by atoms with Crippen molar-refractivity contribution >= 4 is 23.4 Å². The lowest BCUT2D eigenvalue weighted by atomic mass is 10.0. The molecule has 0 saturated heterocycles. The van der Waals surface area contributed by atoms with Gasteiger partial charge < -0.3 is 9.64 Å². The highest BCUT2D eigenvalue weighted by atomic mass is 16.6. The number of aromatic nitrogens is 1. The van der Waals surface area contributed by atoms with E-state index < -0.39 is 6.09 Å². The first-order valence-electron chi connectivity index (χ1n) is 11.4. The molecule has 1 saturated carbocycles. The van der Waals surface area contributed by atoms with E-state index in [4.69, 9.17) is 4.74 Å². The molecule has 0 bridgehead atoms. The molecule has 2 amide bonds. The number of hydrogen-bond donors (Lipinski definition) is 0. The summed E-state index contributed by atoms with van der Waals surface area (Å²) in [6, 6.07) is 18.8.